The highest BCUT2D eigenvalue weighted by Crippen LogP contribution is 2.29. The lowest BCUT2D eigenvalue weighted by atomic mass is 10.2. The molecule has 0 bridgehead atoms. The van der Waals surface area contributed by atoms with Crippen LogP contribution in [0.1, 0.15) is 23.2 Å². The predicted octanol–water partition coefficient (Wildman–Crippen LogP) is 1.45. The Morgan fingerprint density at radius 1 is 1.44 bits per heavy atom. The first-order valence-electron chi connectivity index (χ1n) is 5.53. The van der Waals surface area contributed by atoms with Gasteiger partial charge >= 0.3 is 0 Å². The summed E-state index contributed by atoms with van der Waals surface area (Å²) in [6, 6.07) is 7.19. The lowest BCUT2D eigenvalue weighted by Gasteiger charge is -2.16. The Bertz CT molecular complexity index is 370. The van der Waals surface area contributed by atoms with Crippen LogP contribution in [-0.2, 0) is 0 Å². The van der Waals surface area contributed by atoms with Gasteiger partial charge in [-0.1, -0.05) is 0 Å². The van der Waals surface area contributed by atoms with E-state index in [4.69, 9.17) is 5.84 Å². The number of anilines is 1. The second-order valence-corrected chi connectivity index (χ2v) is 4.35. The Labute approximate surface area is 95.4 Å². The van der Waals surface area contributed by atoms with Crippen LogP contribution in [0.25, 0.3) is 0 Å². The quantitative estimate of drug-likeness (QED) is 0.595. The fraction of sp³-hybridized carbons (Fsp3) is 0.417. The summed E-state index contributed by atoms with van der Waals surface area (Å²) in [5, 5.41) is 0. The molecule has 4 heteroatoms. The minimum absolute atomic E-state index is 0.0791. The Morgan fingerprint density at radius 2 is 2.06 bits per heavy atom. The van der Waals surface area contributed by atoms with Gasteiger partial charge in [0.25, 0.3) is 5.91 Å². The van der Waals surface area contributed by atoms with Crippen molar-refractivity contribution in [3.8, 4) is 0 Å². The molecule has 1 fully saturated rings. The number of nitrogens with zero attached hydrogens (tertiary/aromatic N) is 1. The molecular formula is C12H17N3O. The van der Waals surface area contributed by atoms with Crippen molar-refractivity contribution in [1.82, 2.24) is 4.90 Å². The van der Waals surface area contributed by atoms with Crippen LogP contribution < -0.4 is 11.3 Å². The molecule has 16 heavy (non-hydrogen) atoms. The fourth-order valence-corrected chi connectivity index (χ4v) is 1.70. The molecule has 0 heterocycles. The zero-order valence-corrected chi connectivity index (χ0v) is 9.44. The highest BCUT2D eigenvalue weighted by atomic mass is 16.2. The molecule has 1 aliphatic carbocycles. The summed E-state index contributed by atoms with van der Waals surface area (Å²) in [6.07, 6.45) is 2.52. The Morgan fingerprint density at radius 3 is 2.56 bits per heavy atom. The van der Waals surface area contributed by atoms with Crippen LogP contribution in [0.4, 0.5) is 5.69 Å². The van der Waals surface area contributed by atoms with Gasteiger partial charge in [0, 0.05) is 24.8 Å². The second-order valence-electron chi connectivity index (χ2n) is 4.35. The normalized spacial score (nSPS) is 14.6. The molecule has 0 unspecified atom stereocenters. The van der Waals surface area contributed by atoms with Crippen molar-refractivity contribution in [1.29, 1.82) is 0 Å². The lowest BCUT2D eigenvalue weighted by Crippen LogP contribution is -2.28. The number of amides is 1. The first-order chi connectivity index (χ1) is 7.70. The van der Waals surface area contributed by atoms with E-state index in [9.17, 15) is 4.79 Å². The van der Waals surface area contributed by atoms with E-state index in [0.29, 0.717) is 5.56 Å². The summed E-state index contributed by atoms with van der Waals surface area (Å²) in [5.74, 6) is 6.06. The number of carbonyl (C=O) groups excluding carboxylic acids is 1. The van der Waals surface area contributed by atoms with Gasteiger partial charge in [-0.3, -0.25) is 10.6 Å². The van der Waals surface area contributed by atoms with Gasteiger partial charge in [-0.05, 0) is 43.0 Å². The van der Waals surface area contributed by atoms with Crippen molar-refractivity contribution in [3.63, 3.8) is 0 Å². The van der Waals surface area contributed by atoms with E-state index in [1.807, 2.05) is 7.05 Å². The van der Waals surface area contributed by atoms with E-state index in [1.54, 1.807) is 29.2 Å². The van der Waals surface area contributed by atoms with E-state index in [1.165, 1.54) is 12.8 Å². The van der Waals surface area contributed by atoms with Crippen molar-refractivity contribution < 1.29 is 4.79 Å². The van der Waals surface area contributed by atoms with Crippen LogP contribution >= 0.6 is 0 Å². The average Bonchev–Trinajstić information content (AvgIpc) is 3.12. The number of hydrogen-bond acceptors (Lipinski definition) is 3. The molecule has 0 radical (unpaired) electrons. The van der Waals surface area contributed by atoms with Crippen LogP contribution in [0.15, 0.2) is 24.3 Å². The minimum atomic E-state index is 0.0791. The number of rotatable bonds is 4. The minimum Gasteiger partial charge on any atom is -0.341 e. The molecule has 1 aromatic rings. The SMILES string of the molecule is CN(CC1CC1)C(=O)c1ccc(NN)cc1. The van der Waals surface area contributed by atoms with Crippen LogP contribution in [0.2, 0.25) is 0 Å². The number of nitrogens with one attached hydrogen (secondary N) is 1. The molecule has 0 spiro atoms. The van der Waals surface area contributed by atoms with Crippen LogP contribution in [0.3, 0.4) is 0 Å². The lowest BCUT2D eigenvalue weighted by molar-refractivity contribution is 0.0788. The summed E-state index contributed by atoms with van der Waals surface area (Å²) < 4.78 is 0. The standard InChI is InChI=1S/C12H17N3O/c1-15(8-9-2-3-9)12(16)10-4-6-11(14-13)7-5-10/h4-7,9,14H,2-3,8,13H2,1H3. The summed E-state index contributed by atoms with van der Waals surface area (Å²) in [4.78, 5) is 13.8. The molecule has 1 saturated carbocycles. The molecule has 1 aromatic carbocycles. The summed E-state index contributed by atoms with van der Waals surface area (Å²) >= 11 is 0. The van der Waals surface area contributed by atoms with Crippen molar-refractivity contribution in [2.45, 2.75) is 12.8 Å². The molecule has 1 amide bonds. The number of hydrazine groups is 1. The molecule has 0 saturated heterocycles. The Hall–Kier alpha value is -1.55. The Balaban J connectivity index is 2.00. The number of nitrogen functional groups attached to an aromatic ring is 1. The van der Waals surface area contributed by atoms with E-state index in [-0.39, 0.29) is 5.91 Å². The van der Waals surface area contributed by atoms with E-state index >= 15 is 0 Å². The molecule has 86 valence electrons. The molecule has 2 rings (SSSR count). The largest absolute Gasteiger partial charge is 0.341 e. The van der Waals surface area contributed by atoms with Gasteiger partial charge in [-0.2, -0.15) is 0 Å². The second kappa shape index (κ2) is 4.53. The zero-order valence-electron chi connectivity index (χ0n) is 9.44. The van der Waals surface area contributed by atoms with E-state index in [2.05, 4.69) is 5.43 Å². The smallest absolute Gasteiger partial charge is 0.253 e. The number of hydrogen-bond donors (Lipinski definition) is 2. The summed E-state index contributed by atoms with van der Waals surface area (Å²) in [5.41, 5.74) is 4.06. The van der Waals surface area contributed by atoms with Gasteiger partial charge in [-0.25, -0.2) is 0 Å². The van der Waals surface area contributed by atoms with Gasteiger partial charge < -0.3 is 10.3 Å². The van der Waals surface area contributed by atoms with Crippen LogP contribution in [0, 0.1) is 5.92 Å². The number of benzene rings is 1. The third kappa shape index (κ3) is 2.52. The number of carbonyl (C=O) groups is 1. The zero-order chi connectivity index (χ0) is 11.5. The van der Waals surface area contributed by atoms with Crippen molar-refractivity contribution in [3.05, 3.63) is 29.8 Å². The van der Waals surface area contributed by atoms with E-state index < -0.39 is 0 Å². The fourth-order valence-electron chi connectivity index (χ4n) is 1.70. The van der Waals surface area contributed by atoms with Gasteiger partial charge in [0.1, 0.15) is 0 Å². The molecule has 3 N–H and O–H groups in total. The topological polar surface area (TPSA) is 58.4 Å². The maximum Gasteiger partial charge on any atom is 0.253 e. The Kier molecular flexibility index (Phi) is 3.10. The predicted molar refractivity (Wildman–Crippen MR) is 63.9 cm³/mol. The van der Waals surface area contributed by atoms with Crippen LogP contribution in [0.5, 0.6) is 0 Å². The molecule has 4 nitrogen and oxygen atoms in total. The van der Waals surface area contributed by atoms with Gasteiger partial charge in [-0.15, -0.1) is 0 Å². The number of nitrogens with two attached hydrogens (primary N) is 1. The first kappa shape index (κ1) is 11.0. The maximum atomic E-state index is 12.0. The maximum absolute atomic E-state index is 12.0. The van der Waals surface area contributed by atoms with Crippen molar-refractivity contribution >= 4 is 11.6 Å². The van der Waals surface area contributed by atoms with E-state index in [0.717, 1.165) is 18.2 Å². The molecule has 0 aliphatic heterocycles. The van der Waals surface area contributed by atoms with Crippen molar-refractivity contribution in [2.24, 2.45) is 11.8 Å². The third-order valence-corrected chi connectivity index (χ3v) is 2.87. The highest BCUT2D eigenvalue weighted by Gasteiger charge is 2.25. The van der Waals surface area contributed by atoms with Gasteiger partial charge in [0.05, 0.1) is 0 Å². The first-order valence-corrected chi connectivity index (χ1v) is 5.53. The van der Waals surface area contributed by atoms with Crippen molar-refractivity contribution in [2.75, 3.05) is 19.0 Å². The van der Waals surface area contributed by atoms with Gasteiger partial charge in [0.2, 0.25) is 0 Å². The summed E-state index contributed by atoms with van der Waals surface area (Å²) in [6.45, 7) is 0.871. The molecule has 1 aliphatic rings. The van der Waals surface area contributed by atoms with Gasteiger partial charge in [0.15, 0.2) is 0 Å². The average molecular weight is 219 g/mol. The molecule has 0 aromatic heterocycles. The summed E-state index contributed by atoms with van der Waals surface area (Å²) in [7, 11) is 1.86. The molecular weight excluding hydrogens is 202 g/mol. The highest BCUT2D eigenvalue weighted by molar-refractivity contribution is 5.94. The van der Waals surface area contributed by atoms with Crippen LogP contribution in [-0.4, -0.2) is 24.4 Å². The third-order valence-electron chi connectivity index (χ3n) is 2.87. The monoisotopic (exact) mass is 219 g/mol. The molecule has 0 atom stereocenters.